The predicted molar refractivity (Wildman–Crippen MR) is 212 cm³/mol. The number of hydrogen-bond donors (Lipinski definition) is 3. The van der Waals surface area contributed by atoms with Crippen LogP contribution in [0.5, 0.6) is 17.2 Å². The smallest absolute Gasteiger partial charge is 0.255 e. The Kier molecular flexibility index (Phi) is 10.2. The van der Waals surface area contributed by atoms with Crippen LogP contribution < -0.4 is 24.8 Å². The first-order chi connectivity index (χ1) is 27.6. The number of rotatable bonds is 12. The quantitative estimate of drug-likeness (QED) is 0.0927. The number of imide groups is 1. The number of hydrogen-bond acceptors (Lipinski definition) is 10. The lowest BCUT2D eigenvalue weighted by Gasteiger charge is -2.29. The second-order valence-electron chi connectivity index (χ2n) is 14.4. The van der Waals surface area contributed by atoms with Gasteiger partial charge in [0.05, 0.1) is 25.6 Å². The first-order valence-electron chi connectivity index (χ1n) is 18.7. The van der Waals surface area contributed by atoms with E-state index < -0.39 is 11.9 Å². The van der Waals surface area contributed by atoms with Gasteiger partial charge in [0, 0.05) is 83.7 Å². The molecule has 1 fully saturated rings. The Labute approximate surface area is 328 Å². The van der Waals surface area contributed by atoms with Gasteiger partial charge in [0.2, 0.25) is 17.6 Å². The lowest BCUT2D eigenvalue weighted by atomic mass is 9.99. The zero-order valence-electron chi connectivity index (χ0n) is 31.9. The molecule has 3 amide bonds. The molecule has 57 heavy (non-hydrogen) atoms. The number of methoxy groups -OCH3 is 2. The van der Waals surface area contributed by atoms with Gasteiger partial charge in [0.15, 0.2) is 11.5 Å². The Morgan fingerprint density at radius 2 is 1.72 bits per heavy atom. The molecule has 1 atom stereocenters. The van der Waals surface area contributed by atoms with Crippen molar-refractivity contribution in [3.05, 3.63) is 107 Å². The summed E-state index contributed by atoms with van der Waals surface area (Å²) >= 11 is 0. The van der Waals surface area contributed by atoms with Crippen molar-refractivity contribution < 1.29 is 33.0 Å². The maximum absolute atomic E-state index is 14.5. The van der Waals surface area contributed by atoms with Crippen molar-refractivity contribution in [2.24, 2.45) is 10.2 Å². The van der Waals surface area contributed by atoms with Crippen molar-refractivity contribution >= 4 is 45.7 Å². The Morgan fingerprint density at radius 1 is 0.947 bits per heavy atom. The van der Waals surface area contributed by atoms with Gasteiger partial charge in [-0.15, -0.1) is 0 Å². The van der Waals surface area contributed by atoms with Gasteiger partial charge in [-0.25, -0.2) is 4.39 Å². The molecule has 0 bridgehead atoms. The number of azo groups is 1. The summed E-state index contributed by atoms with van der Waals surface area (Å²) in [6.07, 6.45) is 1.25. The summed E-state index contributed by atoms with van der Waals surface area (Å²) in [4.78, 5) is 44.5. The Hall–Kier alpha value is -6.54. The number of likely N-dealkylation sites (N-methyl/N-ethyl adjacent to an activating group) is 1. The molecule has 14 heteroatoms. The number of aromatic nitrogens is 1. The number of benzene rings is 4. The Balaban J connectivity index is 0.908. The molecule has 1 unspecified atom stereocenters. The number of halogens is 1. The summed E-state index contributed by atoms with van der Waals surface area (Å²) < 4.78 is 32.0. The highest BCUT2D eigenvalue weighted by molar-refractivity contribution is 6.06. The highest BCUT2D eigenvalue weighted by atomic mass is 19.1. The van der Waals surface area contributed by atoms with Crippen LogP contribution in [-0.2, 0) is 29.1 Å². The number of nitrogens with zero attached hydrogens (tertiary/aromatic N) is 4. The lowest BCUT2D eigenvalue weighted by molar-refractivity contribution is -0.136. The first kappa shape index (κ1) is 37.4. The molecule has 1 saturated heterocycles. The van der Waals surface area contributed by atoms with E-state index in [1.807, 2.05) is 7.05 Å². The molecule has 4 heterocycles. The summed E-state index contributed by atoms with van der Waals surface area (Å²) in [6, 6.07) is 19.4. The minimum Gasteiger partial charge on any atom is -0.493 e. The number of ether oxygens (including phenoxy) is 3. The third kappa shape index (κ3) is 7.31. The molecule has 0 radical (unpaired) electrons. The average Bonchev–Trinajstić information content (AvgIpc) is 3.68. The van der Waals surface area contributed by atoms with Crippen LogP contribution in [0.3, 0.4) is 0 Å². The topological polar surface area (TPSA) is 150 Å². The molecular weight excluding hydrogens is 730 g/mol. The van der Waals surface area contributed by atoms with E-state index in [2.05, 4.69) is 61.6 Å². The number of nitrogens with one attached hydrogen (secondary N) is 3. The van der Waals surface area contributed by atoms with Crippen molar-refractivity contribution in [2.45, 2.75) is 38.4 Å². The van der Waals surface area contributed by atoms with Crippen molar-refractivity contribution in [2.75, 3.05) is 41.0 Å². The van der Waals surface area contributed by atoms with Crippen molar-refractivity contribution in [3.8, 4) is 28.5 Å². The molecule has 0 saturated carbocycles. The molecular formula is C43H42FN7O6. The third-order valence-electron chi connectivity index (χ3n) is 10.7. The van der Waals surface area contributed by atoms with E-state index in [1.54, 1.807) is 42.5 Å². The molecule has 0 aliphatic carbocycles. The summed E-state index contributed by atoms with van der Waals surface area (Å²) in [7, 11) is 5.10. The maximum Gasteiger partial charge on any atom is 0.255 e. The number of aromatic amines is 1. The highest BCUT2D eigenvalue weighted by Crippen LogP contribution is 2.42. The largest absolute Gasteiger partial charge is 0.493 e. The summed E-state index contributed by atoms with van der Waals surface area (Å²) in [5.41, 5.74) is 8.67. The molecule has 292 valence electrons. The second kappa shape index (κ2) is 15.5. The molecule has 0 spiro atoms. The minimum atomic E-state index is -0.725. The second-order valence-corrected chi connectivity index (χ2v) is 14.4. The predicted octanol–water partition coefficient (Wildman–Crippen LogP) is 6.79. The summed E-state index contributed by atoms with van der Waals surface area (Å²) in [6.45, 7) is 6.67. The molecule has 1 aromatic heterocycles. The van der Waals surface area contributed by atoms with Crippen molar-refractivity contribution in [1.82, 2.24) is 25.4 Å². The van der Waals surface area contributed by atoms with Gasteiger partial charge in [0.1, 0.15) is 18.5 Å². The van der Waals surface area contributed by atoms with E-state index >= 15 is 0 Å². The number of carbonyl (C=O) groups is 3. The van der Waals surface area contributed by atoms with Gasteiger partial charge in [-0.1, -0.05) is 36.9 Å². The Bertz CT molecular complexity index is 2440. The number of piperidine rings is 1. The van der Waals surface area contributed by atoms with E-state index in [9.17, 15) is 18.8 Å². The fourth-order valence-electron chi connectivity index (χ4n) is 7.85. The van der Waals surface area contributed by atoms with Crippen molar-refractivity contribution in [1.29, 1.82) is 0 Å². The maximum atomic E-state index is 14.5. The van der Waals surface area contributed by atoms with Gasteiger partial charge >= 0.3 is 0 Å². The fraction of sp³-hybridized carbons (Fsp3) is 0.279. The van der Waals surface area contributed by atoms with E-state index in [1.165, 1.54) is 19.1 Å². The van der Waals surface area contributed by atoms with Crippen LogP contribution in [0.25, 0.3) is 27.9 Å². The number of H-pyrrole nitrogens is 1. The van der Waals surface area contributed by atoms with E-state index in [-0.39, 0.29) is 37.0 Å². The van der Waals surface area contributed by atoms with Crippen LogP contribution in [0.4, 0.5) is 15.8 Å². The number of fused-ring (bicyclic) bond motifs is 1. The van der Waals surface area contributed by atoms with Crippen LogP contribution in [0.1, 0.15) is 45.5 Å². The van der Waals surface area contributed by atoms with E-state index in [0.717, 1.165) is 57.5 Å². The lowest BCUT2D eigenvalue weighted by Crippen LogP contribution is -2.52. The zero-order chi connectivity index (χ0) is 39.8. The first-order valence-corrected chi connectivity index (χ1v) is 18.7. The van der Waals surface area contributed by atoms with Gasteiger partial charge in [0.25, 0.3) is 5.91 Å². The molecule has 13 nitrogen and oxygen atoms in total. The van der Waals surface area contributed by atoms with Crippen LogP contribution in [0.2, 0.25) is 0 Å². The van der Waals surface area contributed by atoms with Crippen LogP contribution >= 0.6 is 0 Å². The van der Waals surface area contributed by atoms with E-state index in [0.29, 0.717) is 59.4 Å². The SMILES string of the molecule is C=C1NCCc2c(-c3ccc(CN(C)CCOc4c(OC)cc(N=Nc5cccc6c5CN(C5CCC(=O)NC5=O)C6=O)cc4OC)cc3)[nH]c3cc(F)cc1c23. The van der Waals surface area contributed by atoms with E-state index in [4.69, 9.17) is 14.2 Å². The van der Waals surface area contributed by atoms with Gasteiger partial charge in [-0.05, 0) is 60.8 Å². The molecule has 3 aliphatic rings. The minimum absolute atomic E-state index is 0.175. The van der Waals surface area contributed by atoms with Crippen LogP contribution in [0, 0.1) is 5.82 Å². The standard InChI is InChI=1S/C43H42FN7O6/c1-24-31-18-27(44)19-34-39(31)30(14-15-45-24)40(46-34)26-10-8-25(9-11-26)22-50(2)16-17-57-41-36(55-3)20-28(21-37(41)56-4)48-49-33-7-5-6-29-32(33)23-51(43(29)54)35-12-13-38(52)47-42(35)53/h5-11,18-21,35,45-46H,1,12-17,22-23H2,2-4H3,(H,47,52,53). The Morgan fingerprint density at radius 3 is 2.46 bits per heavy atom. The normalized spacial score (nSPS) is 16.6. The van der Waals surface area contributed by atoms with Gasteiger partial charge < -0.3 is 29.4 Å². The molecule has 3 N–H and O–H groups in total. The molecule has 8 rings (SSSR count). The monoisotopic (exact) mass is 771 g/mol. The average molecular weight is 772 g/mol. The van der Waals surface area contributed by atoms with Crippen LogP contribution in [-0.4, -0.2) is 79.5 Å². The number of carbonyl (C=O) groups excluding carboxylic acids is 3. The summed E-state index contributed by atoms with van der Waals surface area (Å²) in [5, 5.41) is 15.6. The highest BCUT2D eigenvalue weighted by Gasteiger charge is 2.40. The van der Waals surface area contributed by atoms with Gasteiger partial charge in [-0.2, -0.15) is 10.2 Å². The zero-order valence-corrected chi connectivity index (χ0v) is 31.9. The fourth-order valence-corrected chi connectivity index (χ4v) is 7.85. The molecule has 4 aromatic carbocycles. The van der Waals surface area contributed by atoms with Crippen molar-refractivity contribution in [3.63, 3.8) is 0 Å². The molecule has 5 aromatic rings. The van der Waals surface area contributed by atoms with Crippen LogP contribution in [0.15, 0.2) is 83.5 Å². The van der Waals surface area contributed by atoms with Gasteiger partial charge in [-0.3, -0.25) is 24.6 Å². The summed E-state index contributed by atoms with van der Waals surface area (Å²) in [5.74, 6) is -0.120. The third-order valence-corrected chi connectivity index (χ3v) is 10.7. The number of amides is 3. The molecule has 3 aliphatic heterocycles.